The minimum absolute atomic E-state index is 0.0951. The number of fused-ring (bicyclic) bond motifs is 1. The number of allylic oxidation sites excluding steroid dienone is 4. The molecule has 1 aromatic carbocycles. The number of rotatable bonds is 0. The van der Waals surface area contributed by atoms with Crippen molar-refractivity contribution in [1.82, 2.24) is 0 Å². The fourth-order valence-electron chi connectivity index (χ4n) is 2.30. The zero-order valence-electron chi connectivity index (χ0n) is 11.0. The van der Waals surface area contributed by atoms with Crippen molar-refractivity contribution in [2.75, 3.05) is 0 Å². The zero-order chi connectivity index (χ0) is 17.3. The lowest BCUT2D eigenvalue weighted by atomic mass is 10.0. The van der Waals surface area contributed by atoms with Crippen molar-refractivity contribution in [3.8, 4) is 24.3 Å². The lowest BCUT2D eigenvalue weighted by molar-refractivity contribution is 1.41. The van der Waals surface area contributed by atoms with Gasteiger partial charge in [-0.15, -0.1) is 0 Å². The smallest absolute Gasteiger partial charge is 0.133 e. The van der Waals surface area contributed by atoms with Gasteiger partial charge in [0.15, 0.2) is 0 Å². The highest BCUT2D eigenvalue weighted by atomic mass is 127. The Morgan fingerprint density at radius 1 is 0.739 bits per heavy atom. The van der Waals surface area contributed by atoms with Crippen LogP contribution in [0.2, 0.25) is 10.0 Å². The molecule has 2 rings (SSSR count). The van der Waals surface area contributed by atoms with Crippen LogP contribution in [0.5, 0.6) is 0 Å². The van der Waals surface area contributed by atoms with Crippen molar-refractivity contribution in [2.45, 2.75) is 6.42 Å². The summed E-state index contributed by atoms with van der Waals surface area (Å²) < 4.78 is 1.39. The molecule has 23 heavy (non-hydrogen) atoms. The molecule has 110 valence electrons. The highest BCUT2D eigenvalue weighted by molar-refractivity contribution is 14.1. The van der Waals surface area contributed by atoms with E-state index in [0.717, 1.165) is 0 Å². The molecule has 8 heteroatoms. The topological polar surface area (TPSA) is 95.2 Å². The number of hydrogen-bond acceptors (Lipinski definition) is 4. The molecule has 0 spiro atoms. The number of benzene rings is 1. The van der Waals surface area contributed by atoms with E-state index in [1.165, 1.54) is 0 Å². The van der Waals surface area contributed by atoms with Crippen molar-refractivity contribution in [3.05, 3.63) is 39.5 Å². The Morgan fingerprint density at radius 2 is 1.04 bits per heavy atom. The van der Waals surface area contributed by atoms with E-state index >= 15 is 0 Å². The lowest BCUT2D eigenvalue weighted by Crippen LogP contribution is -1.95. The summed E-state index contributed by atoms with van der Waals surface area (Å²) in [4.78, 5) is 0. The second kappa shape index (κ2) is 7.07. The van der Waals surface area contributed by atoms with Gasteiger partial charge in [0, 0.05) is 24.7 Å². The Morgan fingerprint density at radius 3 is 1.30 bits per heavy atom. The Labute approximate surface area is 169 Å². The SMILES string of the molecule is N#CC(C#N)=C1CC(=C(C#N)C#N)c2c(Cl)c(I)c(I)c(Cl)c21. The standard InChI is InChI=1S/C15H2Cl2I2N4/c16-12-10-8(6(2-20)3-21)1-9(7(4-22)5-23)11(10)13(17)15(19)14(12)18/h1H2. The molecule has 0 bridgehead atoms. The highest BCUT2D eigenvalue weighted by Gasteiger charge is 2.34. The summed E-state index contributed by atoms with van der Waals surface area (Å²) in [6, 6.07) is 7.34. The third kappa shape index (κ3) is 2.82. The van der Waals surface area contributed by atoms with Crippen LogP contribution in [0.3, 0.4) is 0 Å². The molecule has 4 nitrogen and oxygen atoms in total. The maximum Gasteiger partial charge on any atom is 0.133 e. The fraction of sp³-hybridized carbons (Fsp3) is 0.0667. The summed E-state index contributed by atoms with van der Waals surface area (Å²) in [6.45, 7) is 0. The van der Waals surface area contributed by atoms with Crippen LogP contribution in [0.4, 0.5) is 0 Å². The summed E-state index contributed by atoms with van der Waals surface area (Å²) >= 11 is 16.9. The van der Waals surface area contributed by atoms with Crippen molar-refractivity contribution >= 4 is 79.5 Å². The molecule has 0 fully saturated rings. The van der Waals surface area contributed by atoms with E-state index in [0.29, 0.717) is 39.5 Å². The van der Waals surface area contributed by atoms with E-state index in [1.54, 1.807) is 0 Å². The molecule has 1 aromatic rings. The third-order valence-electron chi connectivity index (χ3n) is 3.27. The van der Waals surface area contributed by atoms with Crippen molar-refractivity contribution in [3.63, 3.8) is 0 Å². The summed E-state index contributed by atoms with van der Waals surface area (Å²) in [5, 5.41) is 37.4. The molecule has 0 amide bonds. The van der Waals surface area contributed by atoms with Crippen LogP contribution in [-0.4, -0.2) is 0 Å². The molecule has 0 atom stereocenters. The number of nitriles is 4. The molecule has 1 aliphatic rings. The first-order chi connectivity index (χ1) is 10.9. The van der Waals surface area contributed by atoms with Crippen LogP contribution in [-0.2, 0) is 0 Å². The monoisotopic (exact) mass is 562 g/mol. The molecular weight excluding hydrogens is 561 g/mol. The van der Waals surface area contributed by atoms with E-state index in [4.69, 9.17) is 23.2 Å². The molecule has 0 heterocycles. The number of halogens is 4. The summed E-state index contributed by atoms with van der Waals surface area (Å²) in [6.07, 6.45) is 0.0951. The summed E-state index contributed by atoms with van der Waals surface area (Å²) in [5.41, 5.74) is 1.49. The van der Waals surface area contributed by atoms with E-state index in [2.05, 4.69) is 0 Å². The minimum Gasteiger partial charge on any atom is -0.192 e. The normalized spacial score (nSPS) is 11.8. The fourth-order valence-corrected chi connectivity index (χ4v) is 4.30. The van der Waals surface area contributed by atoms with Crippen LogP contribution in [0.1, 0.15) is 17.5 Å². The average Bonchev–Trinajstić information content (AvgIpc) is 2.94. The largest absolute Gasteiger partial charge is 0.192 e. The first-order valence-electron chi connectivity index (χ1n) is 5.86. The van der Waals surface area contributed by atoms with Gasteiger partial charge in [0.1, 0.15) is 35.4 Å². The maximum atomic E-state index is 9.18. The zero-order valence-corrected chi connectivity index (χ0v) is 16.8. The summed E-state index contributed by atoms with van der Waals surface area (Å²) in [5.74, 6) is 0. The maximum absolute atomic E-state index is 9.18. The Kier molecular flexibility index (Phi) is 5.55. The van der Waals surface area contributed by atoms with Gasteiger partial charge in [-0.2, -0.15) is 21.0 Å². The van der Waals surface area contributed by atoms with Crippen molar-refractivity contribution in [2.24, 2.45) is 0 Å². The second-order valence-electron chi connectivity index (χ2n) is 4.34. The van der Waals surface area contributed by atoms with Crippen LogP contribution in [0.15, 0.2) is 11.1 Å². The minimum atomic E-state index is -0.105. The number of nitrogens with zero attached hydrogens (tertiary/aromatic N) is 4. The average molecular weight is 563 g/mol. The van der Waals surface area contributed by atoms with Crippen LogP contribution in [0.25, 0.3) is 11.1 Å². The molecule has 0 N–H and O–H groups in total. The highest BCUT2D eigenvalue weighted by Crippen LogP contribution is 2.52. The van der Waals surface area contributed by atoms with Gasteiger partial charge in [0.05, 0.1) is 10.0 Å². The Hall–Kier alpha value is -1.30. The van der Waals surface area contributed by atoms with Gasteiger partial charge in [0.2, 0.25) is 0 Å². The van der Waals surface area contributed by atoms with Gasteiger partial charge >= 0.3 is 0 Å². The van der Waals surface area contributed by atoms with Gasteiger partial charge in [-0.3, -0.25) is 0 Å². The van der Waals surface area contributed by atoms with Crippen LogP contribution >= 0.6 is 68.4 Å². The Bertz CT molecular complexity index is 868. The Balaban J connectivity index is 3.11. The van der Waals surface area contributed by atoms with Gasteiger partial charge < -0.3 is 0 Å². The van der Waals surface area contributed by atoms with E-state index in [9.17, 15) is 21.0 Å². The predicted octanol–water partition coefficient (Wildman–Crippen LogP) is 5.21. The van der Waals surface area contributed by atoms with Crippen LogP contribution in [0, 0.1) is 52.5 Å². The first kappa shape index (κ1) is 18.0. The van der Waals surface area contributed by atoms with E-state index in [1.807, 2.05) is 69.5 Å². The summed E-state index contributed by atoms with van der Waals surface area (Å²) in [7, 11) is 0. The third-order valence-corrected chi connectivity index (χ3v) is 7.86. The molecule has 0 aliphatic heterocycles. The van der Waals surface area contributed by atoms with Crippen molar-refractivity contribution < 1.29 is 0 Å². The predicted molar refractivity (Wildman–Crippen MR) is 103 cm³/mol. The molecule has 0 saturated heterocycles. The lowest BCUT2D eigenvalue weighted by Gasteiger charge is -2.11. The molecular formula is C15H2Cl2I2N4. The van der Waals surface area contributed by atoms with Gasteiger partial charge in [-0.25, -0.2) is 0 Å². The van der Waals surface area contributed by atoms with Gasteiger partial charge in [0.25, 0.3) is 0 Å². The van der Waals surface area contributed by atoms with Gasteiger partial charge in [-0.1, -0.05) is 23.2 Å². The van der Waals surface area contributed by atoms with E-state index < -0.39 is 0 Å². The van der Waals surface area contributed by atoms with Crippen molar-refractivity contribution in [1.29, 1.82) is 21.0 Å². The molecule has 0 radical (unpaired) electrons. The quantitative estimate of drug-likeness (QED) is 0.188. The molecule has 0 aromatic heterocycles. The second-order valence-corrected chi connectivity index (χ2v) is 7.25. The number of hydrogen-bond donors (Lipinski definition) is 0. The molecule has 0 unspecified atom stereocenters. The first-order valence-corrected chi connectivity index (χ1v) is 8.77. The molecule has 0 saturated carbocycles. The molecule has 1 aliphatic carbocycles. The van der Waals surface area contributed by atoms with Gasteiger partial charge in [-0.05, 0) is 56.3 Å². The van der Waals surface area contributed by atoms with Crippen LogP contribution < -0.4 is 0 Å². The van der Waals surface area contributed by atoms with E-state index in [-0.39, 0.29) is 17.6 Å².